The topological polar surface area (TPSA) is 61.4 Å². The molecular weight excluding hydrogens is 286 g/mol. The average molecular weight is 317 g/mol. The molecule has 2 fully saturated rings. The lowest BCUT2D eigenvalue weighted by molar-refractivity contribution is 0.241. The van der Waals surface area contributed by atoms with Crippen molar-refractivity contribution in [3.05, 3.63) is 0 Å². The molecule has 1 heterocycles. The SMILES string of the molecule is CNCC1CCCCN1S(=O)(=O)NCC1CCCC(C)C1. The van der Waals surface area contributed by atoms with Gasteiger partial charge in [0.2, 0.25) is 0 Å². The number of nitrogens with zero attached hydrogens (tertiary/aromatic N) is 1. The Kier molecular flexibility index (Phi) is 6.47. The average Bonchev–Trinajstić information content (AvgIpc) is 2.46. The third kappa shape index (κ3) is 4.91. The molecule has 0 aromatic carbocycles. The zero-order valence-electron chi connectivity index (χ0n) is 13.5. The highest BCUT2D eigenvalue weighted by Crippen LogP contribution is 2.28. The lowest BCUT2D eigenvalue weighted by atomic mass is 9.83. The largest absolute Gasteiger partial charge is 0.318 e. The van der Waals surface area contributed by atoms with Gasteiger partial charge in [-0.3, -0.25) is 0 Å². The zero-order chi connectivity index (χ0) is 15.3. The number of rotatable bonds is 6. The van der Waals surface area contributed by atoms with E-state index in [4.69, 9.17) is 0 Å². The summed E-state index contributed by atoms with van der Waals surface area (Å²) in [5.74, 6) is 1.25. The summed E-state index contributed by atoms with van der Waals surface area (Å²) in [6.07, 6.45) is 7.90. The first kappa shape index (κ1) is 17.2. The summed E-state index contributed by atoms with van der Waals surface area (Å²) in [6, 6.07) is 0.103. The Balaban J connectivity index is 1.90. The predicted octanol–water partition coefficient (Wildman–Crippen LogP) is 1.72. The number of hydrogen-bond acceptors (Lipinski definition) is 3. The highest BCUT2D eigenvalue weighted by molar-refractivity contribution is 7.87. The molecule has 2 aliphatic rings. The Hall–Kier alpha value is -0.170. The van der Waals surface area contributed by atoms with Crippen molar-refractivity contribution in [2.45, 2.75) is 57.9 Å². The second kappa shape index (κ2) is 7.90. The molecule has 124 valence electrons. The summed E-state index contributed by atoms with van der Waals surface area (Å²) in [6.45, 7) is 4.27. The van der Waals surface area contributed by atoms with Crippen molar-refractivity contribution in [2.24, 2.45) is 11.8 Å². The molecule has 1 saturated carbocycles. The minimum Gasteiger partial charge on any atom is -0.318 e. The molecule has 0 aromatic heterocycles. The summed E-state index contributed by atoms with van der Waals surface area (Å²) in [4.78, 5) is 0. The van der Waals surface area contributed by atoms with E-state index < -0.39 is 10.2 Å². The molecule has 0 spiro atoms. The van der Waals surface area contributed by atoms with Crippen LogP contribution in [0.25, 0.3) is 0 Å². The van der Waals surface area contributed by atoms with Gasteiger partial charge >= 0.3 is 0 Å². The Morgan fingerprint density at radius 1 is 1.10 bits per heavy atom. The monoisotopic (exact) mass is 317 g/mol. The molecule has 0 amide bonds. The van der Waals surface area contributed by atoms with Crippen LogP contribution >= 0.6 is 0 Å². The maximum Gasteiger partial charge on any atom is 0.279 e. The summed E-state index contributed by atoms with van der Waals surface area (Å²) >= 11 is 0. The molecule has 0 radical (unpaired) electrons. The lowest BCUT2D eigenvalue weighted by Gasteiger charge is -2.35. The van der Waals surface area contributed by atoms with Gasteiger partial charge in [-0.2, -0.15) is 12.7 Å². The van der Waals surface area contributed by atoms with E-state index in [9.17, 15) is 8.42 Å². The summed E-state index contributed by atoms with van der Waals surface area (Å²) in [7, 11) is -1.44. The van der Waals surface area contributed by atoms with Gasteiger partial charge in [0, 0.05) is 25.7 Å². The summed E-state index contributed by atoms with van der Waals surface area (Å²) in [5, 5.41) is 3.12. The molecule has 3 unspecified atom stereocenters. The van der Waals surface area contributed by atoms with Gasteiger partial charge in [0.15, 0.2) is 0 Å². The van der Waals surface area contributed by atoms with E-state index in [0.717, 1.165) is 44.6 Å². The molecule has 21 heavy (non-hydrogen) atoms. The zero-order valence-corrected chi connectivity index (χ0v) is 14.3. The van der Waals surface area contributed by atoms with Gasteiger partial charge in [-0.1, -0.05) is 26.2 Å². The predicted molar refractivity (Wildman–Crippen MR) is 86.3 cm³/mol. The second-order valence-electron chi connectivity index (χ2n) is 6.81. The van der Waals surface area contributed by atoms with Crippen molar-refractivity contribution < 1.29 is 8.42 Å². The van der Waals surface area contributed by atoms with Gasteiger partial charge in [0.05, 0.1) is 0 Å². The Labute approximate surface area is 130 Å². The summed E-state index contributed by atoms with van der Waals surface area (Å²) < 4.78 is 29.7. The van der Waals surface area contributed by atoms with Crippen LogP contribution in [0.15, 0.2) is 0 Å². The Morgan fingerprint density at radius 2 is 1.90 bits per heavy atom. The van der Waals surface area contributed by atoms with Gasteiger partial charge in [-0.05, 0) is 44.6 Å². The van der Waals surface area contributed by atoms with Gasteiger partial charge in [0.25, 0.3) is 10.2 Å². The third-order valence-electron chi connectivity index (χ3n) is 4.92. The standard InChI is InChI=1S/C15H31N3O2S/c1-13-6-5-7-14(10-13)11-17-21(19,20)18-9-4-3-8-15(18)12-16-2/h13-17H,3-12H2,1-2H3. The van der Waals surface area contributed by atoms with Crippen molar-refractivity contribution in [2.75, 3.05) is 26.7 Å². The fraction of sp³-hybridized carbons (Fsp3) is 1.00. The van der Waals surface area contributed by atoms with E-state index in [2.05, 4.69) is 17.0 Å². The number of hydrogen-bond donors (Lipinski definition) is 2. The Morgan fingerprint density at radius 3 is 2.62 bits per heavy atom. The molecule has 3 atom stereocenters. The van der Waals surface area contributed by atoms with E-state index in [-0.39, 0.29) is 6.04 Å². The smallest absolute Gasteiger partial charge is 0.279 e. The molecule has 6 heteroatoms. The van der Waals surface area contributed by atoms with Crippen LogP contribution in [0.1, 0.15) is 51.9 Å². The van der Waals surface area contributed by atoms with E-state index in [1.165, 1.54) is 12.8 Å². The van der Waals surface area contributed by atoms with E-state index in [1.807, 2.05) is 7.05 Å². The van der Waals surface area contributed by atoms with E-state index in [0.29, 0.717) is 19.0 Å². The number of likely N-dealkylation sites (N-methyl/N-ethyl adjacent to an activating group) is 1. The minimum atomic E-state index is -3.33. The summed E-state index contributed by atoms with van der Waals surface area (Å²) in [5.41, 5.74) is 0. The van der Waals surface area contributed by atoms with Gasteiger partial charge in [0.1, 0.15) is 0 Å². The molecule has 1 aliphatic carbocycles. The van der Waals surface area contributed by atoms with Crippen LogP contribution in [0.2, 0.25) is 0 Å². The maximum absolute atomic E-state index is 12.6. The molecular formula is C15H31N3O2S. The van der Waals surface area contributed by atoms with Crippen LogP contribution in [-0.4, -0.2) is 45.4 Å². The van der Waals surface area contributed by atoms with Crippen LogP contribution in [-0.2, 0) is 10.2 Å². The number of nitrogens with one attached hydrogen (secondary N) is 2. The van der Waals surface area contributed by atoms with Crippen LogP contribution in [0.3, 0.4) is 0 Å². The van der Waals surface area contributed by atoms with Crippen molar-refractivity contribution >= 4 is 10.2 Å². The highest BCUT2D eigenvalue weighted by atomic mass is 32.2. The molecule has 0 bridgehead atoms. The first-order valence-corrected chi connectivity index (χ1v) is 9.88. The molecule has 5 nitrogen and oxygen atoms in total. The van der Waals surface area contributed by atoms with Crippen molar-refractivity contribution in [3.8, 4) is 0 Å². The molecule has 1 aliphatic heterocycles. The van der Waals surface area contributed by atoms with Gasteiger partial charge in [-0.15, -0.1) is 0 Å². The number of piperidine rings is 1. The highest BCUT2D eigenvalue weighted by Gasteiger charge is 2.32. The molecule has 2 rings (SSSR count). The van der Waals surface area contributed by atoms with E-state index >= 15 is 0 Å². The minimum absolute atomic E-state index is 0.103. The molecule has 0 aromatic rings. The second-order valence-corrected chi connectivity index (χ2v) is 8.52. The quantitative estimate of drug-likeness (QED) is 0.784. The van der Waals surface area contributed by atoms with Crippen molar-refractivity contribution in [1.29, 1.82) is 0 Å². The first-order valence-electron chi connectivity index (χ1n) is 8.44. The van der Waals surface area contributed by atoms with Crippen LogP contribution in [0.5, 0.6) is 0 Å². The van der Waals surface area contributed by atoms with Crippen LogP contribution in [0, 0.1) is 11.8 Å². The van der Waals surface area contributed by atoms with Crippen LogP contribution in [0.4, 0.5) is 0 Å². The van der Waals surface area contributed by atoms with Gasteiger partial charge < -0.3 is 5.32 Å². The molecule has 2 N–H and O–H groups in total. The van der Waals surface area contributed by atoms with Gasteiger partial charge in [-0.25, -0.2) is 4.72 Å². The molecule has 1 saturated heterocycles. The first-order chi connectivity index (χ1) is 10.0. The fourth-order valence-corrected chi connectivity index (χ4v) is 5.34. The van der Waals surface area contributed by atoms with Crippen molar-refractivity contribution in [1.82, 2.24) is 14.3 Å². The fourth-order valence-electron chi connectivity index (χ4n) is 3.78. The lowest BCUT2D eigenvalue weighted by Crippen LogP contribution is -2.52. The van der Waals surface area contributed by atoms with Crippen LogP contribution < -0.4 is 10.0 Å². The maximum atomic E-state index is 12.6. The van der Waals surface area contributed by atoms with Crippen molar-refractivity contribution in [3.63, 3.8) is 0 Å². The Bertz CT molecular complexity index is 411. The normalized spacial score (nSPS) is 32.2. The third-order valence-corrected chi connectivity index (χ3v) is 6.55. The van der Waals surface area contributed by atoms with E-state index in [1.54, 1.807) is 4.31 Å².